The fraction of sp³-hybridized carbons (Fsp3) is 0.538. The first-order valence-corrected chi connectivity index (χ1v) is 6.43. The molecule has 1 atom stereocenters. The second-order valence-electron chi connectivity index (χ2n) is 3.82. The lowest BCUT2D eigenvalue weighted by molar-refractivity contribution is 0.0103. The molecule has 0 bridgehead atoms. The minimum Gasteiger partial charge on any atom is -0.389 e. The molecule has 1 aromatic rings. The van der Waals surface area contributed by atoms with Gasteiger partial charge in [-0.1, -0.05) is 17.7 Å². The number of halogens is 1. The van der Waals surface area contributed by atoms with Crippen LogP contribution in [0.4, 0.5) is 5.69 Å². The van der Waals surface area contributed by atoms with E-state index in [1.54, 1.807) is 6.07 Å². The Hall–Kier alpha value is -0.810. The summed E-state index contributed by atoms with van der Waals surface area (Å²) in [5, 5.41) is 13.4. The van der Waals surface area contributed by atoms with E-state index in [1.807, 2.05) is 25.1 Å². The molecule has 0 aliphatic heterocycles. The number of hydrogen-bond acceptors (Lipinski definition) is 4. The standard InChI is InChI=1S/C13H20ClNO3/c1-2-17-6-7-18-10-13(16)9-15-12-5-3-4-11(14)8-12/h3-5,8,13,15-16H,2,6-7,9-10H2,1H3. The van der Waals surface area contributed by atoms with Gasteiger partial charge >= 0.3 is 0 Å². The second-order valence-corrected chi connectivity index (χ2v) is 4.25. The van der Waals surface area contributed by atoms with E-state index in [1.165, 1.54) is 0 Å². The molecule has 0 aromatic heterocycles. The van der Waals surface area contributed by atoms with E-state index in [-0.39, 0.29) is 0 Å². The van der Waals surface area contributed by atoms with Crippen molar-refractivity contribution in [2.75, 3.05) is 38.3 Å². The van der Waals surface area contributed by atoms with Gasteiger partial charge < -0.3 is 19.9 Å². The first-order chi connectivity index (χ1) is 8.72. The number of ether oxygens (including phenoxy) is 2. The Morgan fingerprint density at radius 2 is 2.11 bits per heavy atom. The van der Waals surface area contributed by atoms with Gasteiger partial charge in [-0.25, -0.2) is 0 Å². The summed E-state index contributed by atoms with van der Waals surface area (Å²) in [6.45, 7) is 4.40. The molecule has 5 heteroatoms. The Kier molecular flexibility index (Phi) is 7.76. The predicted molar refractivity (Wildman–Crippen MR) is 73.3 cm³/mol. The van der Waals surface area contributed by atoms with Crippen molar-refractivity contribution in [1.82, 2.24) is 0 Å². The zero-order valence-corrected chi connectivity index (χ0v) is 11.3. The molecule has 0 radical (unpaired) electrons. The summed E-state index contributed by atoms with van der Waals surface area (Å²) in [6, 6.07) is 7.37. The number of aliphatic hydroxyl groups excluding tert-OH is 1. The van der Waals surface area contributed by atoms with E-state index in [4.69, 9.17) is 21.1 Å². The molecule has 0 saturated heterocycles. The van der Waals surface area contributed by atoms with Gasteiger partial charge in [0.1, 0.15) is 0 Å². The van der Waals surface area contributed by atoms with Crippen molar-refractivity contribution in [2.24, 2.45) is 0 Å². The molecule has 1 unspecified atom stereocenters. The first-order valence-electron chi connectivity index (χ1n) is 6.05. The summed E-state index contributed by atoms with van der Waals surface area (Å²) in [4.78, 5) is 0. The van der Waals surface area contributed by atoms with Crippen molar-refractivity contribution >= 4 is 17.3 Å². The number of nitrogens with one attached hydrogen (secondary N) is 1. The molecule has 0 heterocycles. The quantitative estimate of drug-likeness (QED) is 0.677. The van der Waals surface area contributed by atoms with Gasteiger partial charge in [-0.3, -0.25) is 0 Å². The number of benzene rings is 1. The van der Waals surface area contributed by atoms with Crippen molar-refractivity contribution in [2.45, 2.75) is 13.0 Å². The van der Waals surface area contributed by atoms with Crippen LogP contribution in [0.5, 0.6) is 0 Å². The Morgan fingerprint density at radius 1 is 1.33 bits per heavy atom. The lowest BCUT2D eigenvalue weighted by Crippen LogP contribution is -2.25. The zero-order chi connectivity index (χ0) is 13.2. The number of rotatable bonds is 9. The maximum Gasteiger partial charge on any atom is 0.0945 e. The molecule has 1 rings (SSSR count). The van der Waals surface area contributed by atoms with Gasteiger partial charge in [-0.2, -0.15) is 0 Å². The number of anilines is 1. The Balaban J connectivity index is 2.11. The summed E-state index contributed by atoms with van der Waals surface area (Å²) in [5.41, 5.74) is 0.885. The lowest BCUT2D eigenvalue weighted by Gasteiger charge is -2.13. The third-order valence-electron chi connectivity index (χ3n) is 2.25. The van der Waals surface area contributed by atoms with Gasteiger partial charge in [0, 0.05) is 23.9 Å². The van der Waals surface area contributed by atoms with Crippen molar-refractivity contribution in [1.29, 1.82) is 0 Å². The van der Waals surface area contributed by atoms with Crippen LogP contribution in [0.2, 0.25) is 5.02 Å². The maximum atomic E-state index is 9.68. The Labute approximate surface area is 113 Å². The van der Waals surface area contributed by atoms with E-state index < -0.39 is 6.10 Å². The summed E-state index contributed by atoms with van der Waals surface area (Å²) in [6.07, 6.45) is -0.550. The highest BCUT2D eigenvalue weighted by atomic mass is 35.5. The monoisotopic (exact) mass is 273 g/mol. The molecule has 102 valence electrons. The highest BCUT2D eigenvalue weighted by Gasteiger charge is 2.04. The van der Waals surface area contributed by atoms with Crippen molar-refractivity contribution < 1.29 is 14.6 Å². The molecule has 0 spiro atoms. The van der Waals surface area contributed by atoms with Crippen molar-refractivity contribution in [3.05, 3.63) is 29.3 Å². The fourth-order valence-corrected chi connectivity index (χ4v) is 1.56. The largest absolute Gasteiger partial charge is 0.389 e. The Morgan fingerprint density at radius 3 is 2.83 bits per heavy atom. The van der Waals surface area contributed by atoms with E-state index in [9.17, 15) is 5.11 Å². The normalized spacial score (nSPS) is 12.4. The predicted octanol–water partition coefficient (Wildman–Crippen LogP) is 2.17. The van der Waals surface area contributed by atoms with Crippen LogP contribution >= 0.6 is 11.6 Å². The van der Waals surface area contributed by atoms with E-state index in [2.05, 4.69) is 5.32 Å². The van der Waals surface area contributed by atoms with Gasteiger partial charge in [-0.05, 0) is 25.1 Å². The van der Waals surface area contributed by atoms with Gasteiger partial charge in [-0.15, -0.1) is 0 Å². The molecular formula is C13H20ClNO3. The van der Waals surface area contributed by atoms with E-state index in [0.717, 1.165) is 5.69 Å². The summed E-state index contributed by atoms with van der Waals surface area (Å²) in [5.74, 6) is 0. The SMILES string of the molecule is CCOCCOCC(O)CNc1cccc(Cl)c1. The Bertz CT molecular complexity index is 336. The van der Waals surface area contributed by atoms with Crippen LogP contribution in [0.1, 0.15) is 6.92 Å². The second kappa shape index (κ2) is 9.16. The average Bonchev–Trinajstić information content (AvgIpc) is 2.36. The third kappa shape index (κ3) is 6.81. The minimum atomic E-state index is -0.550. The summed E-state index contributed by atoms with van der Waals surface area (Å²) in [7, 11) is 0. The average molecular weight is 274 g/mol. The molecule has 0 aliphatic carbocycles. The molecule has 0 aliphatic rings. The van der Waals surface area contributed by atoms with Crippen LogP contribution in [0.25, 0.3) is 0 Å². The first kappa shape index (κ1) is 15.2. The molecule has 4 nitrogen and oxygen atoms in total. The summed E-state index contributed by atoms with van der Waals surface area (Å²) < 4.78 is 10.4. The zero-order valence-electron chi connectivity index (χ0n) is 10.6. The topological polar surface area (TPSA) is 50.7 Å². The van der Waals surface area contributed by atoms with Crippen LogP contribution < -0.4 is 5.32 Å². The van der Waals surface area contributed by atoms with Crippen LogP contribution in [0, 0.1) is 0 Å². The molecule has 0 amide bonds. The summed E-state index contributed by atoms with van der Waals surface area (Å²) >= 11 is 5.85. The molecule has 0 saturated carbocycles. The van der Waals surface area contributed by atoms with Crippen molar-refractivity contribution in [3.8, 4) is 0 Å². The number of hydrogen-bond donors (Lipinski definition) is 2. The van der Waals surface area contributed by atoms with Gasteiger partial charge in [0.25, 0.3) is 0 Å². The van der Waals surface area contributed by atoms with Crippen LogP contribution in [0.3, 0.4) is 0 Å². The smallest absolute Gasteiger partial charge is 0.0945 e. The highest BCUT2D eigenvalue weighted by molar-refractivity contribution is 6.30. The molecular weight excluding hydrogens is 254 g/mol. The van der Waals surface area contributed by atoms with E-state index in [0.29, 0.717) is 38.0 Å². The van der Waals surface area contributed by atoms with Crippen LogP contribution in [-0.2, 0) is 9.47 Å². The maximum absolute atomic E-state index is 9.68. The van der Waals surface area contributed by atoms with E-state index >= 15 is 0 Å². The molecule has 0 fully saturated rings. The highest BCUT2D eigenvalue weighted by Crippen LogP contribution is 2.14. The van der Waals surface area contributed by atoms with Crippen LogP contribution in [0.15, 0.2) is 24.3 Å². The fourth-order valence-electron chi connectivity index (χ4n) is 1.37. The van der Waals surface area contributed by atoms with Gasteiger partial charge in [0.15, 0.2) is 0 Å². The van der Waals surface area contributed by atoms with Crippen LogP contribution in [-0.4, -0.2) is 44.2 Å². The molecule has 2 N–H and O–H groups in total. The number of aliphatic hydroxyl groups is 1. The lowest BCUT2D eigenvalue weighted by atomic mass is 10.3. The van der Waals surface area contributed by atoms with Gasteiger partial charge in [0.2, 0.25) is 0 Å². The van der Waals surface area contributed by atoms with Gasteiger partial charge in [0.05, 0.1) is 25.9 Å². The minimum absolute atomic E-state index is 0.292. The molecule has 1 aromatic carbocycles. The molecule has 18 heavy (non-hydrogen) atoms. The third-order valence-corrected chi connectivity index (χ3v) is 2.49. The van der Waals surface area contributed by atoms with Crippen molar-refractivity contribution in [3.63, 3.8) is 0 Å².